The number of pyridine rings is 1. The Hall–Kier alpha value is -1.36. The van der Waals surface area contributed by atoms with Crippen LogP contribution >= 0.6 is 12.2 Å². The molecule has 2 unspecified atom stereocenters. The van der Waals surface area contributed by atoms with Crippen molar-refractivity contribution < 1.29 is 4.74 Å². The third kappa shape index (κ3) is 1.84. The van der Waals surface area contributed by atoms with E-state index in [-0.39, 0.29) is 0 Å². The van der Waals surface area contributed by atoms with E-state index in [9.17, 15) is 0 Å². The van der Waals surface area contributed by atoms with Gasteiger partial charge >= 0.3 is 0 Å². The molecule has 0 aromatic carbocycles. The van der Waals surface area contributed by atoms with Gasteiger partial charge in [-0.2, -0.15) is 4.98 Å². The van der Waals surface area contributed by atoms with Crippen LogP contribution < -0.4 is 4.74 Å². The molecule has 2 aromatic rings. The van der Waals surface area contributed by atoms with Crippen LogP contribution in [0.4, 0.5) is 0 Å². The number of fused-ring (bicyclic) bond motifs is 1. The molecule has 1 aliphatic carbocycles. The fourth-order valence-electron chi connectivity index (χ4n) is 2.18. The summed E-state index contributed by atoms with van der Waals surface area (Å²) in [6, 6.07) is 3.81. The van der Waals surface area contributed by atoms with E-state index in [0.29, 0.717) is 5.88 Å². The molecule has 0 radical (unpaired) electrons. The molecule has 4 nitrogen and oxygen atoms in total. The van der Waals surface area contributed by atoms with Crippen LogP contribution in [0.15, 0.2) is 12.1 Å². The van der Waals surface area contributed by atoms with Crippen LogP contribution in [-0.4, -0.2) is 21.6 Å². The predicted octanol–water partition coefficient (Wildman–Crippen LogP) is 2.76. The minimum absolute atomic E-state index is 0.629. The van der Waals surface area contributed by atoms with E-state index in [1.165, 1.54) is 6.42 Å². The monoisotopic (exact) mass is 249 g/mol. The van der Waals surface area contributed by atoms with Crippen molar-refractivity contribution in [2.45, 2.75) is 19.9 Å². The van der Waals surface area contributed by atoms with E-state index in [1.807, 2.05) is 12.1 Å². The summed E-state index contributed by atoms with van der Waals surface area (Å²) in [5, 5.41) is 0. The number of imidazole rings is 1. The minimum Gasteiger partial charge on any atom is -0.481 e. The number of H-pyrrole nitrogens is 1. The van der Waals surface area contributed by atoms with Gasteiger partial charge in [0.15, 0.2) is 10.4 Å². The van der Waals surface area contributed by atoms with E-state index in [1.54, 1.807) is 7.11 Å². The third-order valence-electron chi connectivity index (χ3n) is 3.49. The summed E-state index contributed by atoms with van der Waals surface area (Å²) in [6.07, 6.45) is 1.29. The van der Waals surface area contributed by atoms with Crippen LogP contribution in [0, 0.1) is 16.6 Å². The molecule has 1 N–H and O–H groups in total. The lowest BCUT2D eigenvalue weighted by molar-refractivity contribution is 0.398. The molecule has 2 aromatic heterocycles. The summed E-state index contributed by atoms with van der Waals surface area (Å²) in [5.74, 6) is 2.19. The van der Waals surface area contributed by atoms with Gasteiger partial charge in [-0.1, -0.05) is 6.92 Å². The van der Waals surface area contributed by atoms with Gasteiger partial charge in [0, 0.05) is 12.6 Å². The van der Waals surface area contributed by atoms with Crippen LogP contribution in [-0.2, 0) is 6.54 Å². The van der Waals surface area contributed by atoms with Crippen molar-refractivity contribution in [3.63, 3.8) is 0 Å². The molecular formula is C12H15N3OS. The molecule has 0 aliphatic heterocycles. The molecule has 1 fully saturated rings. The fourth-order valence-corrected chi connectivity index (χ4v) is 2.46. The van der Waals surface area contributed by atoms with Gasteiger partial charge in [0.05, 0.1) is 12.6 Å². The van der Waals surface area contributed by atoms with Crippen LogP contribution in [0.3, 0.4) is 0 Å². The highest BCUT2D eigenvalue weighted by atomic mass is 32.1. The van der Waals surface area contributed by atoms with E-state index in [4.69, 9.17) is 17.0 Å². The molecule has 2 atom stereocenters. The van der Waals surface area contributed by atoms with Gasteiger partial charge in [-0.15, -0.1) is 0 Å². The van der Waals surface area contributed by atoms with Crippen molar-refractivity contribution >= 4 is 23.4 Å². The standard InChI is InChI=1S/C12H15N3OS/c1-7-5-8(7)6-15-11-9(13-12(15)17)3-4-10(14-11)16-2/h3-4,7-8H,5-6H2,1-2H3,(H,13,17). The van der Waals surface area contributed by atoms with Crippen molar-refractivity contribution in [1.82, 2.24) is 14.5 Å². The molecule has 0 bridgehead atoms. The zero-order chi connectivity index (χ0) is 12.0. The van der Waals surface area contributed by atoms with Crippen LogP contribution in [0.5, 0.6) is 5.88 Å². The second-order valence-corrected chi connectivity index (χ2v) is 5.13. The quantitative estimate of drug-likeness (QED) is 0.851. The molecule has 5 heteroatoms. The Labute approximate surface area is 105 Å². The number of rotatable bonds is 3. The molecule has 90 valence electrons. The zero-order valence-electron chi connectivity index (χ0n) is 9.93. The molecule has 0 amide bonds. The Bertz CT molecular complexity index is 616. The SMILES string of the molecule is COc1ccc2[nH]c(=S)n(CC3CC3C)c2n1. The minimum atomic E-state index is 0.629. The highest BCUT2D eigenvalue weighted by Crippen LogP contribution is 2.39. The Morgan fingerprint density at radius 1 is 1.59 bits per heavy atom. The lowest BCUT2D eigenvalue weighted by atomic mass is 10.3. The first-order chi connectivity index (χ1) is 8.19. The Balaban J connectivity index is 2.08. The molecule has 17 heavy (non-hydrogen) atoms. The molecule has 1 saturated carbocycles. The van der Waals surface area contributed by atoms with Gasteiger partial charge in [-0.3, -0.25) is 0 Å². The average Bonchev–Trinajstić information content (AvgIpc) is 2.93. The third-order valence-corrected chi connectivity index (χ3v) is 3.82. The topological polar surface area (TPSA) is 42.8 Å². The first kappa shape index (κ1) is 10.8. The maximum Gasteiger partial charge on any atom is 0.215 e. The Morgan fingerprint density at radius 3 is 3.00 bits per heavy atom. The fraction of sp³-hybridized carbons (Fsp3) is 0.500. The van der Waals surface area contributed by atoms with Gasteiger partial charge in [0.2, 0.25) is 5.88 Å². The number of nitrogens with zero attached hydrogens (tertiary/aromatic N) is 2. The number of aromatic nitrogens is 3. The molecule has 2 heterocycles. The molecule has 0 spiro atoms. The van der Waals surface area contributed by atoms with Crippen molar-refractivity contribution in [2.24, 2.45) is 11.8 Å². The maximum absolute atomic E-state index is 5.34. The summed E-state index contributed by atoms with van der Waals surface area (Å²) in [4.78, 5) is 7.65. The lowest BCUT2D eigenvalue weighted by Gasteiger charge is -2.03. The van der Waals surface area contributed by atoms with Crippen molar-refractivity contribution in [1.29, 1.82) is 0 Å². The van der Waals surface area contributed by atoms with E-state index in [2.05, 4.69) is 21.5 Å². The first-order valence-electron chi connectivity index (χ1n) is 5.82. The van der Waals surface area contributed by atoms with Crippen LogP contribution in [0.1, 0.15) is 13.3 Å². The maximum atomic E-state index is 5.34. The number of ether oxygens (including phenoxy) is 1. The molecule has 1 aliphatic rings. The van der Waals surface area contributed by atoms with Crippen molar-refractivity contribution in [3.05, 3.63) is 16.9 Å². The molecule has 3 rings (SSSR count). The number of aromatic amines is 1. The van der Waals surface area contributed by atoms with Crippen LogP contribution in [0.2, 0.25) is 0 Å². The summed E-state index contributed by atoms with van der Waals surface area (Å²) >= 11 is 5.34. The molecule has 0 saturated heterocycles. The summed E-state index contributed by atoms with van der Waals surface area (Å²) in [7, 11) is 1.63. The van der Waals surface area contributed by atoms with Crippen molar-refractivity contribution in [3.8, 4) is 5.88 Å². The van der Waals surface area contributed by atoms with E-state index >= 15 is 0 Å². The number of hydrogen-bond donors (Lipinski definition) is 1. The molecular weight excluding hydrogens is 234 g/mol. The summed E-state index contributed by atoms with van der Waals surface area (Å²) < 4.78 is 7.99. The Kier molecular flexibility index (Phi) is 2.43. The van der Waals surface area contributed by atoms with Gasteiger partial charge in [0.1, 0.15) is 0 Å². The van der Waals surface area contributed by atoms with Crippen LogP contribution in [0.25, 0.3) is 11.2 Å². The van der Waals surface area contributed by atoms with Crippen molar-refractivity contribution in [2.75, 3.05) is 7.11 Å². The number of methoxy groups -OCH3 is 1. The lowest BCUT2D eigenvalue weighted by Crippen LogP contribution is -2.02. The Morgan fingerprint density at radius 2 is 2.35 bits per heavy atom. The predicted molar refractivity (Wildman–Crippen MR) is 68.7 cm³/mol. The highest BCUT2D eigenvalue weighted by Gasteiger charge is 2.33. The highest BCUT2D eigenvalue weighted by molar-refractivity contribution is 7.71. The smallest absolute Gasteiger partial charge is 0.215 e. The first-order valence-corrected chi connectivity index (χ1v) is 6.23. The second-order valence-electron chi connectivity index (χ2n) is 4.74. The second kappa shape index (κ2) is 3.84. The zero-order valence-corrected chi connectivity index (χ0v) is 10.8. The normalized spacial score (nSPS) is 22.9. The van der Waals surface area contributed by atoms with Gasteiger partial charge in [-0.25, -0.2) is 0 Å². The summed E-state index contributed by atoms with van der Waals surface area (Å²) in [5.41, 5.74) is 1.87. The van der Waals surface area contributed by atoms with Gasteiger partial charge in [-0.05, 0) is 36.5 Å². The van der Waals surface area contributed by atoms with Gasteiger partial charge < -0.3 is 14.3 Å². The van der Waals surface area contributed by atoms with E-state index in [0.717, 1.165) is 34.3 Å². The average molecular weight is 249 g/mol. The number of nitrogens with one attached hydrogen (secondary N) is 1. The summed E-state index contributed by atoms with van der Waals surface area (Å²) in [6.45, 7) is 3.23. The van der Waals surface area contributed by atoms with E-state index < -0.39 is 0 Å². The number of hydrogen-bond acceptors (Lipinski definition) is 3. The van der Waals surface area contributed by atoms with Gasteiger partial charge in [0.25, 0.3) is 0 Å². The largest absolute Gasteiger partial charge is 0.481 e.